The van der Waals surface area contributed by atoms with E-state index in [1.807, 2.05) is 31.3 Å². The van der Waals surface area contributed by atoms with Crippen molar-refractivity contribution >= 4 is 11.0 Å². The summed E-state index contributed by atoms with van der Waals surface area (Å²) in [7, 11) is 2.00. The van der Waals surface area contributed by atoms with Gasteiger partial charge in [0.2, 0.25) is 5.88 Å². The number of hydrogen-bond donors (Lipinski definition) is 1. The first-order chi connectivity index (χ1) is 9.36. The Hall–Kier alpha value is -1.68. The average Bonchev–Trinajstić information content (AvgIpc) is 2.48. The van der Waals surface area contributed by atoms with E-state index in [0.717, 1.165) is 17.5 Å². The maximum atomic E-state index is 6.03. The van der Waals surface area contributed by atoms with E-state index in [1.54, 1.807) is 6.20 Å². The van der Waals surface area contributed by atoms with Crippen LogP contribution in [0.1, 0.15) is 25.7 Å². The molecule has 0 radical (unpaired) electrons. The number of ether oxygens (including phenoxy) is 1. The van der Waals surface area contributed by atoms with Crippen LogP contribution in [0, 0.1) is 0 Å². The molecule has 1 N–H and O–H groups in total. The van der Waals surface area contributed by atoms with Crippen molar-refractivity contribution < 1.29 is 4.74 Å². The molecule has 2 atom stereocenters. The van der Waals surface area contributed by atoms with Crippen molar-refractivity contribution in [3.05, 3.63) is 30.5 Å². The Labute approximate surface area is 113 Å². The summed E-state index contributed by atoms with van der Waals surface area (Å²) in [6.07, 6.45) is 6.68. The second kappa shape index (κ2) is 5.53. The van der Waals surface area contributed by atoms with Crippen molar-refractivity contribution in [1.29, 1.82) is 0 Å². The van der Waals surface area contributed by atoms with Crippen LogP contribution in [0.3, 0.4) is 0 Å². The number of rotatable bonds is 3. The summed E-state index contributed by atoms with van der Waals surface area (Å²) < 4.78 is 6.03. The van der Waals surface area contributed by atoms with E-state index < -0.39 is 0 Å². The van der Waals surface area contributed by atoms with Gasteiger partial charge in [-0.05, 0) is 38.4 Å². The normalized spacial score (nSPS) is 23.4. The molecule has 0 bridgehead atoms. The Morgan fingerprint density at radius 3 is 2.79 bits per heavy atom. The zero-order valence-electron chi connectivity index (χ0n) is 11.2. The van der Waals surface area contributed by atoms with E-state index in [0.29, 0.717) is 11.9 Å². The summed E-state index contributed by atoms with van der Waals surface area (Å²) in [6, 6.07) is 8.28. The smallest absolute Gasteiger partial charge is 0.233 e. The van der Waals surface area contributed by atoms with Crippen LogP contribution in [-0.2, 0) is 0 Å². The zero-order valence-corrected chi connectivity index (χ0v) is 11.2. The molecule has 0 saturated heterocycles. The van der Waals surface area contributed by atoms with E-state index in [-0.39, 0.29) is 6.10 Å². The van der Waals surface area contributed by atoms with Crippen LogP contribution < -0.4 is 10.1 Å². The van der Waals surface area contributed by atoms with Crippen molar-refractivity contribution in [2.24, 2.45) is 0 Å². The molecule has 4 heteroatoms. The molecule has 19 heavy (non-hydrogen) atoms. The topological polar surface area (TPSA) is 47.0 Å². The number of hydrogen-bond acceptors (Lipinski definition) is 4. The molecular weight excluding hydrogens is 238 g/mol. The van der Waals surface area contributed by atoms with Gasteiger partial charge in [0, 0.05) is 6.04 Å². The summed E-state index contributed by atoms with van der Waals surface area (Å²) in [5.41, 5.74) is 1.79. The predicted molar refractivity (Wildman–Crippen MR) is 75.3 cm³/mol. The van der Waals surface area contributed by atoms with Crippen molar-refractivity contribution in [3.8, 4) is 5.88 Å². The highest BCUT2D eigenvalue weighted by molar-refractivity contribution is 5.73. The van der Waals surface area contributed by atoms with Crippen molar-refractivity contribution in [2.75, 3.05) is 7.05 Å². The number of para-hydroxylation sites is 2. The Morgan fingerprint density at radius 1 is 1.16 bits per heavy atom. The van der Waals surface area contributed by atoms with Crippen LogP contribution in [0.15, 0.2) is 30.5 Å². The molecular formula is C15H19N3O. The summed E-state index contributed by atoms with van der Waals surface area (Å²) in [6.45, 7) is 0. The van der Waals surface area contributed by atoms with Gasteiger partial charge in [-0.15, -0.1) is 0 Å². The highest BCUT2D eigenvalue weighted by atomic mass is 16.5. The Balaban J connectivity index is 1.80. The maximum Gasteiger partial charge on any atom is 0.233 e. The number of benzene rings is 1. The molecule has 1 aromatic heterocycles. The fourth-order valence-electron chi connectivity index (χ4n) is 2.72. The molecule has 0 aliphatic heterocycles. The summed E-state index contributed by atoms with van der Waals surface area (Å²) in [4.78, 5) is 8.92. The molecule has 0 spiro atoms. The van der Waals surface area contributed by atoms with Gasteiger partial charge in [-0.25, -0.2) is 9.97 Å². The molecule has 1 aromatic carbocycles. The van der Waals surface area contributed by atoms with Crippen molar-refractivity contribution in [3.63, 3.8) is 0 Å². The molecule has 1 aliphatic carbocycles. The first-order valence-electron chi connectivity index (χ1n) is 6.92. The highest BCUT2D eigenvalue weighted by Gasteiger charge is 2.25. The summed E-state index contributed by atoms with van der Waals surface area (Å²) in [5, 5.41) is 3.34. The van der Waals surface area contributed by atoms with Gasteiger partial charge in [0.15, 0.2) is 0 Å². The lowest BCUT2D eigenvalue weighted by Gasteiger charge is -2.31. The van der Waals surface area contributed by atoms with Gasteiger partial charge in [0.1, 0.15) is 6.10 Å². The minimum absolute atomic E-state index is 0.203. The molecule has 2 aromatic rings. The van der Waals surface area contributed by atoms with Gasteiger partial charge >= 0.3 is 0 Å². The second-order valence-electron chi connectivity index (χ2n) is 5.03. The van der Waals surface area contributed by atoms with E-state index in [1.165, 1.54) is 19.3 Å². The number of likely N-dealkylation sites (N-methyl/N-ethyl adjacent to an activating group) is 1. The highest BCUT2D eigenvalue weighted by Crippen LogP contribution is 2.23. The monoisotopic (exact) mass is 257 g/mol. The lowest BCUT2D eigenvalue weighted by Crippen LogP contribution is -2.43. The first kappa shape index (κ1) is 12.4. The largest absolute Gasteiger partial charge is 0.472 e. The summed E-state index contributed by atoms with van der Waals surface area (Å²) >= 11 is 0. The van der Waals surface area contributed by atoms with Crippen LogP contribution >= 0.6 is 0 Å². The molecule has 1 fully saturated rings. The molecule has 2 unspecified atom stereocenters. The lowest BCUT2D eigenvalue weighted by atomic mass is 9.92. The Morgan fingerprint density at radius 2 is 1.95 bits per heavy atom. The van der Waals surface area contributed by atoms with Gasteiger partial charge < -0.3 is 10.1 Å². The van der Waals surface area contributed by atoms with Crippen LogP contribution in [0.5, 0.6) is 5.88 Å². The lowest BCUT2D eigenvalue weighted by molar-refractivity contribution is 0.113. The van der Waals surface area contributed by atoms with E-state index in [2.05, 4.69) is 15.3 Å². The van der Waals surface area contributed by atoms with Crippen molar-refractivity contribution in [2.45, 2.75) is 37.8 Å². The first-order valence-corrected chi connectivity index (χ1v) is 6.92. The molecule has 3 rings (SSSR count). The van der Waals surface area contributed by atoms with E-state index in [4.69, 9.17) is 4.74 Å². The molecule has 1 saturated carbocycles. The molecule has 0 amide bonds. The zero-order chi connectivity index (χ0) is 13.1. The van der Waals surface area contributed by atoms with Crippen LogP contribution in [0.4, 0.5) is 0 Å². The molecule has 100 valence electrons. The predicted octanol–water partition coefficient (Wildman–Crippen LogP) is 2.54. The molecule has 4 nitrogen and oxygen atoms in total. The van der Waals surface area contributed by atoms with Crippen LogP contribution in [0.2, 0.25) is 0 Å². The van der Waals surface area contributed by atoms with Gasteiger partial charge in [0.05, 0.1) is 17.2 Å². The standard InChI is InChI=1S/C15H19N3O/c1-16-13-8-4-5-9-14(13)19-15-10-17-11-6-2-3-7-12(11)18-15/h2-3,6-7,10,13-14,16H,4-5,8-9H2,1H3. The summed E-state index contributed by atoms with van der Waals surface area (Å²) in [5.74, 6) is 0.630. The number of fused-ring (bicyclic) bond motifs is 1. The maximum absolute atomic E-state index is 6.03. The fraction of sp³-hybridized carbons (Fsp3) is 0.467. The number of aromatic nitrogens is 2. The van der Waals surface area contributed by atoms with E-state index >= 15 is 0 Å². The Kier molecular flexibility index (Phi) is 3.60. The van der Waals surface area contributed by atoms with Gasteiger partial charge in [0.25, 0.3) is 0 Å². The molecule has 1 heterocycles. The third-order valence-corrected chi connectivity index (χ3v) is 3.77. The quantitative estimate of drug-likeness (QED) is 0.918. The second-order valence-corrected chi connectivity index (χ2v) is 5.03. The van der Waals surface area contributed by atoms with Crippen LogP contribution in [0.25, 0.3) is 11.0 Å². The third-order valence-electron chi connectivity index (χ3n) is 3.77. The van der Waals surface area contributed by atoms with Crippen LogP contribution in [-0.4, -0.2) is 29.2 Å². The minimum atomic E-state index is 0.203. The van der Waals surface area contributed by atoms with Gasteiger partial charge in [-0.2, -0.15) is 0 Å². The van der Waals surface area contributed by atoms with E-state index in [9.17, 15) is 0 Å². The van der Waals surface area contributed by atoms with Gasteiger partial charge in [-0.1, -0.05) is 18.6 Å². The Bertz CT molecular complexity index is 558. The number of nitrogens with zero attached hydrogens (tertiary/aromatic N) is 2. The third kappa shape index (κ3) is 2.68. The fourth-order valence-corrected chi connectivity index (χ4v) is 2.72. The average molecular weight is 257 g/mol. The van der Waals surface area contributed by atoms with Crippen molar-refractivity contribution in [1.82, 2.24) is 15.3 Å². The van der Waals surface area contributed by atoms with Gasteiger partial charge in [-0.3, -0.25) is 0 Å². The molecule has 1 aliphatic rings. The minimum Gasteiger partial charge on any atom is -0.472 e. The SMILES string of the molecule is CNC1CCCCC1Oc1cnc2ccccc2n1. The number of nitrogens with one attached hydrogen (secondary N) is 1.